The van der Waals surface area contributed by atoms with E-state index in [1.165, 1.54) is 18.2 Å². The molecule has 0 spiro atoms. The summed E-state index contributed by atoms with van der Waals surface area (Å²) in [6.45, 7) is 2.61. The molecule has 0 atom stereocenters. The van der Waals surface area contributed by atoms with Crippen LogP contribution >= 0.6 is 0 Å². The number of anilines is 2. The molecule has 8 nitrogen and oxygen atoms in total. The molecule has 1 aliphatic heterocycles. The highest BCUT2D eigenvalue weighted by Crippen LogP contribution is 2.32. The average molecular weight is 425 g/mol. The van der Waals surface area contributed by atoms with Gasteiger partial charge in [-0.15, -0.1) is 0 Å². The number of nitrogens with zero attached hydrogens (tertiary/aromatic N) is 1. The lowest BCUT2D eigenvalue weighted by molar-refractivity contribution is 0.102. The first-order chi connectivity index (χ1) is 14.4. The van der Waals surface area contributed by atoms with E-state index in [1.807, 2.05) is 13.0 Å². The standard InChI is InChI=1S/C21H19N3O5S/c1-14-4-3-9-22-20(14)23-21(25)15-5-2-6-16(12-15)24-30(26,27)17-7-8-18-19(13-17)29-11-10-28-18/h2-9,12-13,24H,10-11H2,1H3,(H,22,23,25). The van der Waals surface area contributed by atoms with E-state index in [2.05, 4.69) is 15.0 Å². The molecule has 9 heteroatoms. The van der Waals surface area contributed by atoms with Crippen LogP contribution in [0.25, 0.3) is 0 Å². The van der Waals surface area contributed by atoms with Crippen LogP contribution in [0.4, 0.5) is 11.5 Å². The first kappa shape index (κ1) is 19.7. The molecular weight excluding hydrogens is 406 g/mol. The van der Waals surface area contributed by atoms with Crippen LogP contribution in [0.3, 0.4) is 0 Å². The number of fused-ring (bicyclic) bond motifs is 1. The summed E-state index contributed by atoms with van der Waals surface area (Å²) in [7, 11) is -3.88. The zero-order valence-corrected chi connectivity index (χ0v) is 16.9. The van der Waals surface area contributed by atoms with Crippen LogP contribution in [0, 0.1) is 6.92 Å². The van der Waals surface area contributed by atoms with Crippen LogP contribution in [0.15, 0.2) is 65.7 Å². The molecule has 2 aromatic carbocycles. The van der Waals surface area contributed by atoms with E-state index < -0.39 is 15.9 Å². The van der Waals surface area contributed by atoms with E-state index in [0.717, 1.165) is 5.56 Å². The van der Waals surface area contributed by atoms with Crippen LogP contribution in [-0.4, -0.2) is 32.5 Å². The van der Waals surface area contributed by atoms with E-state index in [1.54, 1.807) is 36.5 Å². The number of amides is 1. The molecule has 3 aromatic rings. The maximum absolute atomic E-state index is 12.8. The fraction of sp³-hybridized carbons (Fsp3) is 0.143. The van der Waals surface area contributed by atoms with E-state index >= 15 is 0 Å². The number of aromatic nitrogens is 1. The number of carbonyl (C=O) groups is 1. The number of nitrogens with one attached hydrogen (secondary N) is 2. The highest BCUT2D eigenvalue weighted by Gasteiger charge is 2.20. The van der Waals surface area contributed by atoms with Gasteiger partial charge in [0, 0.05) is 23.5 Å². The Morgan fingerprint density at radius 2 is 1.80 bits per heavy atom. The molecule has 0 saturated carbocycles. The summed E-state index contributed by atoms with van der Waals surface area (Å²) >= 11 is 0. The second-order valence-electron chi connectivity index (χ2n) is 6.61. The summed E-state index contributed by atoms with van der Waals surface area (Å²) in [5.74, 6) is 0.939. The minimum atomic E-state index is -3.88. The van der Waals surface area contributed by atoms with Gasteiger partial charge >= 0.3 is 0 Å². The Labute approximate surface area is 173 Å². The number of benzene rings is 2. The molecule has 1 amide bonds. The normalized spacial score (nSPS) is 12.8. The molecule has 30 heavy (non-hydrogen) atoms. The lowest BCUT2D eigenvalue weighted by Crippen LogP contribution is -2.18. The number of rotatable bonds is 5. The summed E-state index contributed by atoms with van der Waals surface area (Å²) in [6.07, 6.45) is 1.58. The zero-order valence-electron chi connectivity index (χ0n) is 16.1. The lowest BCUT2D eigenvalue weighted by Gasteiger charge is -2.19. The largest absolute Gasteiger partial charge is 0.486 e. The molecule has 2 N–H and O–H groups in total. The fourth-order valence-electron chi connectivity index (χ4n) is 2.93. The Morgan fingerprint density at radius 3 is 2.60 bits per heavy atom. The molecule has 1 aromatic heterocycles. The van der Waals surface area contributed by atoms with Gasteiger partial charge in [0.1, 0.15) is 19.0 Å². The molecule has 2 heterocycles. The van der Waals surface area contributed by atoms with Crippen LogP contribution in [0.2, 0.25) is 0 Å². The van der Waals surface area contributed by atoms with Gasteiger partial charge in [-0.2, -0.15) is 0 Å². The van der Waals surface area contributed by atoms with Gasteiger partial charge < -0.3 is 14.8 Å². The van der Waals surface area contributed by atoms with Crippen molar-refractivity contribution in [2.24, 2.45) is 0 Å². The molecule has 0 radical (unpaired) electrons. The molecule has 4 rings (SSSR count). The molecular formula is C21H19N3O5S. The van der Waals surface area contributed by atoms with Crippen molar-refractivity contribution < 1.29 is 22.7 Å². The number of pyridine rings is 1. The predicted molar refractivity (Wildman–Crippen MR) is 112 cm³/mol. The van der Waals surface area contributed by atoms with Crippen molar-refractivity contribution in [3.05, 3.63) is 71.9 Å². The smallest absolute Gasteiger partial charge is 0.262 e. The van der Waals surface area contributed by atoms with Crippen molar-refractivity contribution in [3.63, 3.8) is 0 Å². The highest BCUT2D eigenvalue weighted by molar-refractivity contribution is 7.92. The Hall–Kier alpha value is -3.59. The summed E-state index contributed by atoms with van der Waals surface area (Å²) in [4.78, 5) is 16.7. The van der Waals surface area contributed by atoms with E-state index in [4.69, 9.17) is 9.47 Å². The third kappa shape index (κ3) is 4.20. The predicted octanol–water partition coefficient (Wildman–Crippen LogP) is 3.21. The van der Waals surface area contributed by atoms with Crippen LogP contribution < -0.4 is 19.5 Å². The fourth-order valence-corrected chi connectivity index (χ4v) is 3.99. The summed E-state index contributed by atoms with van der Waals surface area (Å²) in [5, 5.41) is 2.72. The van der Waals surface area contributed by atoms with Gasteiger partial charge in [0.15, 0.2) is 11.5 Å². The first-order valence-electron chi connectivity index (χ1n) is 9.18. The summed E-state index contributed by atoms with van der Waals surface area (Å²) in [5.41, 5.74) is 1.37. The van der Waals surface area contributed by atoms with Crippen molar-refractivity contribution in [1.82, 2.24) is 4.98 Å². The third-order valence-electron chi connectivity index (χ3n) is 4.44. The third-order valence-corrected chi connectivity index (χ3v) is 5.82. The second kappa shape index (κ2) is 8.03. The number of aryl methyl sites for hydroxylation is 1. The molecule has 0 saturated heterocycles. The quantitative estimate of drug-likeness (QED) is 0.650. The Morgan fingerprint density at radius 1 is 1.00 bits per heavy atom. The van der Waals surface area contributed by atoms with Gasteiger partial charge in [-0.25, -0.2) is 13.4 Å². The van der Waals surface area contributed by atoms with E-state index in [9.17, 15) is 13.2 Å². The van der Waals surface area contributed by atoms with Gasteiger partial charge in [0.05, 0.1) is 4.90 Å². The topological polar surface area (TPSA) is 107 Å². The zero-order chi connectivity index (χ0) is 21.1. The molecule has 0 unspecified atom stereocenters. The van der Waals surface area contributed by atoms with Crippen LogP contribution in [0.5, 0.6) is 11.5 Å². The lowest BCUT2D eigenvalue weighted by atomic mass is 10.2. The molecule has 154 valence electrons. The van der Waals surface area contributed by atoms with Crippen molar-refractivity contribution in [2.45, 2.75) is 11.8 Å². The first-order valence-corrected chi connectivity index (χ1v) is 10.7. The average Bonchev–Trinajstić information content (AvgIpc) is 2.75. The van der Waals surface area contributed by atoms with Gasteiger partial charge in [-0.05, 0) is 48.9 Å². The second-order valence-corrected chi connectivity index (χ2v) is 8.30. The van der Waals surface area contributed by atoms with Gasteiger partial charge in [0.2, 0.25) is 0 Å². The van der Waals surface area contributed by atoms with Crippen LogP contribution in [0.1, 0.15) is 15.9 Å². The Balaban J connectivity index is 1.54. The van der Waals surface area contributed by atoms with Gasteiger partial charge in [0.25, 0.3) is 15.9 Å². The van der Waals surface area contributed by atoms with E-state index in [-0.39, 0.29) is 10.6 Å². The number of hydrogen-bond donors (Lipinski definition) is 2. The molecule has 0 fully saturated rings. The van der Waals surface area contributed by atoms with Gasteiger partial charge in [-0.3, -0.25) is 9.52 Å². The monoisotopic (exact) mass is 425 g/mol. The minimum absolute atomic E-state index is 0.0331. The summed E-state index contributed by atoms with van der Waals surface area (Å²) < 4.78 is 38.9. The van der Waals surface area contributed by atoms with Crippen molar-refractivity contribution in [1.29, 1.82) is 0 Å². The highest BCUT2D eigenvalue weighted by atomic mass is 32.2. The number of ether oxygens (including phenoxy) is 2. The summed E-state index contributed by atoms with van der Waals surface area (Å²) in [6, 6.07) is 14.2. The number of sulfonamides is 1. The van der Waals surface area contributed by atoms with Crippen LogP contribution in [-0.2, 0) is 10.0 Å². The molecule has 1 aliphatic rings. The number of carbonyl (C=O) groups excluding carboxylic acids is 1. The molecule has 0 bridgehead atoms. The van der Waals surface area contributed by atoms with Crippen molar-refractivity contribution in [2.75, 3.05) is 23.3 Å². The molecule has 0 aliphatic carbocycles. The van der Waals surface area contributed by atoms with Crippen molar-refractivity contribution in [3.8, 4) is 11.5 Å². The van der Waals surface area contributed by atoms with Crippen molar-refractivity contribution >= 4 is 27.4 Å². The Kier molecular flexibility index (Phi) is 5.28. The minimum Gasteiger partial charge on any atom is -0.486 e. The van der Waals surface area contributed by atoms with Gasteiger partial charge in [-0.1, -0.05) is 12.1 Å². The maximum Gasteiger partial charge on any atom is 0.262 e. The number of hydrogen-bond acceptors (Lipinski definition) is 6. The SMILES string of the molecule is Cc1cccnc1NC(=O)c1cccc(NS(=O)(=O)c2ccc3c(c2)OCCO3)c1. The van der Waals surface area contributed by atoms with E-state index in [0.29, 0.717) is 36.1 Å². The Bertz CT molecular complexity index is 1210. The maximum atomic E-state index is 12.8.